The fraction of sp³-hybridized carbons (Fsp3) is 0.526. The quantitative estimate of drug-likeness (QED) is 0.835. The monoisotopic (exact) mass is 345 g/mol. The number of benzene rings is 1. The summed E-state index contributed by atoms with van der Waals surface area (Å²) in [6.07, 6.45) is 0.285. The van der Waals surface area contributed by atoms with Crippen molar-refractivity contribution < 1.29 is 14.4 Å². The van der Waals surface area contributed by atoms with Crippen molar-refractivity contribution in [2.75, 3.05) is 37.6 Å². The van der Waals surface area contributed by atoms with E-state index in [1.807, 2.05) is 32.0 Å². The Balaban J connectivity index is 1.98. The molecule has 0 unspecified atom stereocenters. The van der Waals surface area contributed by atoms with Gasteiger partial charge in [-0.05, 0) is 31.0 Å². The molecule has 2 rings (SSSR count). The van der Waals surface area contributed by atoms with Crippen molar-refractivity contribution in [3.8, 4) is 0 Å². The van der Waals surface area contributed by atoms with Crippen molar-refractivity contribution in [1.82, 2.24) is 9.80 Å². The number of rotatable bonds is 4. The van der Waals surface area contributed by atoms with Gasteiger partial charge in [-0.1, -0.05) is 12.1 Å². The van der Waals surface area contributed by atoms with Crippen LogP contribution < -0.4 is 4.90 Å². The Hall–Kier alpha value is -2.37. The van der Waals surface area contributed by atoms with Crippen LogP contribution in [0.1, 0.15) is 31.4 Å². The molecular weight excluding hydrogens is 318 g/mol. The Kier molecular flexibility index (Phi) is 6.17. The van der Waals surface area contributed by atoms with Crippen LogP contribution in [0.25, 0.3) is 0 Å². The smallest absolute Gasteiger partial charge is 0.224 e. The zero-order valence-corrected chi connectivity index (χ0v) is 15.5. The molecule has 0 saturated carbocycles. The zero-order chi connectivity index (χ0) is 18.6. The SMILES string of the molecule is CC(=O)N1CCN(C(=O)CCN(C(C)=O)c2cccc(C)c2C)CC1. The Labute approximate surface area is 149 Å². The van der Waals surface area contributed by atoms with Crippen molar-refractivity contribution in [2.24, 2.45) is 0 Å². The molecule has 1 saturated heterocycles. The van der Waals surface area contributed by atoms with Crippen LogP contribution in [0.5, 0.6) is 0 Å². The highest BCUT2D eigenvalue weighted by atomic mass is 16.2. The average molecular weight is 345 g/mol. The number of piperazine rings is 1. The van der Waals surface area contributed by atoms with Gasteiger partial charge in [0.2, 0.25) is 17.7 Å². The molecule has 3 amide bonds. The van der Waals surface area contributed by atoms with Crippen LogP contribution in [-0.2, 0) is 14.4 Å². The maximum absolute atomic E-state index is 12.5. The molecule has 136 valence electrons. The molecule has 0 N–H and O–H groups in total. The molecule has 0 atom stereocenters. The lowest BCUT2D eigenvalue weighted by Crippen LogP contribution is -2.50. The number of aryl methyl sites for hydroxylation is 1. The summed E-state index contributed by atoms with van der Waals surface area (Å²) in [5.41, 5.74) is 3.04. The maximum atomic E-state index is 12.5. The third-order valence-electron chi connectivity index (χ3n) is 4.87. The summed E-state index contributed by atoms with van der Waals surface area (Å²) >= 11 is 0. The van der Waals surface area contributed by atoms with E-state index in [0.29, 0.717) is 32.7 Å². The van der Waals surface area contributed by atoms with Crippen LogP contribution in [0.3, 0.4) is 0 Å². The number of carbonyl (C=O) groups is 3. The van der Waals surface area contributed by atoms with Crippen LogP contribution in [0, 0.1) is 13.8 Å². The summed E-state index contributed by atoms with van der Waals surface area (Å²) in [5.74, 6) is 0.00688. The maximum Gasteiger partial charge on any atom is 0.224 e. The second-order valence-corrected chi connectivity index (χ2v) is 6.53. The predicted molar refractivity (Wildman–Crippen MR) is 97.4 cm³/mol. The van der Waals surface area contributed by atoms with Gasteiger partial charge in [-0.15, -0.1) is 0 Å². The molecule has 1 aromatic carbocycles. The highest BCUT2D eigenvalue weighted by Crippen LogP contribution is 2.23. The van der Waals surface area contributed by atoms with Crippen LogP contribution in [0.4, 0.5) is 5.69 Å². The van der Waals surface area contributed by atoms with Crippen molar-refractivity contribution in [3.63, 3.8) is 0 Å². The first kappa shape index (κ1) is 19.0. The highest BCUT2D eigenvalue weighted by molar-refractivity contribution is 5.93. The van der Waals surface area contributed by atoms with Crippen molar-refractivity contribution in [3.05, 3.63) is 29.3 Å². The number of anilines is 1. The van der Waals surface area contributed by atoms with E-state index in [9.17, 15) is 14.4 Å². The lowest BCUT2D eigenvalue weighted by atomic mass is 10.1. The van der Waals surface area contributed by atoms with Gasteiger partial charge in [0.1, 0.15) is 0 Å². The predicted octanol–water partition coefficient (Wildman–Crippen LogP) is 1.74. The first-order valence-electron chi connectivity index (χ1n) is 8.69. The van der Waals surface area contributed by atoms with Crippen molar-refractivity contribution in [1.29, 1.82) is 0 Å². The van der Waals surface area contributed by atoms with Crippen molar-refractivity contribution in [2.45, 2.75) is 34.1 Å². The van der Waals surface area contributed by atoms with Crippen LogP contribution in [0.15, 0.2) is 18.2 Å². The minimum absolute atomic E-state index is 0.0276. The summed E-state index contributed by atoms with van der Waals surface area (Å²) in [6, 6.07) is 5.85. The van der Waals surface area contributed by atoms with E-state index in [1.54, 1.807) is 21.6 Å². The normalized spacial score (nSPS) is 14.4. The van der Waals surface area contributed by atoms with Gasteiger partial charge in [0.25, 0.3) is 0 Å². The summed E-state index contributed by atoms with van der Waals surface area (Å²) in [5, 5.41) is 0. The van der Waals surface area contributed by atoms with Gasteiger partial charge in [0.05, 0.1) is 0 Å². The number of nitrogens with zero attached hydrogens (tertiary/aromatic N) is 3. The van der Waals surface area contributed by atoms with E-state index in [1.165, 1.54) is 6.92 Å². The van der Waals surface area contributed by atoms with E-state index in [-0.39, 0.29) is 24.1 Å². The standard InChI is InChI=1S/C19H27N3O3/c1-14-6-5-7-18(15(14)2)22(17(4)24)9-8-19(25)21-12-10-20(11-13-21)16(3)23/h5-7H,8-13H2,1-4H3. The van der Waals surface area contributed by atoms with E-state index in [4.69, 9.17) is 0 Å². The Morgan fingerprint density at radius 2 is 1.60 bits per heavy atom. The van der Waals surface area contributed by atoms with Gasteiger partial charge in [-0.25, -0.2) is 0 Å². The number of hydrogen-bond donors (Lipinski definition) is 0. The minimum atomic E-state index is -0.0668. The molecule has 25 heavy (non-hydrogen) atoms. The average Bonchev–Trinajstić information content (AvgIpc) is 2.58. The molecule has 0 spiro atoms. The zero-order valence-electron chi connectivity index (χ0n) is 15.5. The first-order valence-corrected chi connectivity index (χ1v) is 8.69. The lowest BCUT2D eigenvalue weighted by molar-refractivity contribution is -0.138. The molecule has 0 radical (unpaired) electrons. The topological polar surface area (TPSA) is 60.9 Å². The van der Waals surface area contributed by atoms with Gasteiger partial charge in [-0.2, -0.15) is 0 Å². The van der Waals surface area contributed by atoms with Crippen LogP contribution >= 0.6 is 0 Å². The molecule has 0 aromatic heterocycles. The van der Waals surface area contributed by atoms with E-state index >= 15 is 0 Å². The second-order valence-electron chi connectivity index (χ2n) is 6.53. The number of carbonyl (C=O) groups excluding carboxylic acids is 3. The van der Waals surface area contributed by atoms with Crippen LogP contribution in [0.2, 0.25) is 0 Å². The molecule has 6 heteroatoms. The van der Waals surface area contributed by atoms with Gasteiger partial charge in [-0.3, -0.25) is 14.4 Å². The van der Waals surface area contributed by atoms with Gasteiger partial charge in [0, 0.05) is 58.7 Å². The Morgan fingerprint density at radius 1 is 1.00 bits per heavy atom. The minimum Gasteiger partial charge on any atom is -0.339 e. The largest absolute Gasteiger partial charge is 0.339 e. The first-order chi connectivity index (χ1) is 11.8. The lowest BCUT2D eigenvalue weighted by Gasteiger charge is -2.34. The fourth-order valence-electron chi connectivity index (χ4n) is 3.11. The molecule has 1 aliphatic rings. The van der Waals surface area contributed by atoms with E-state index < -0.39 is 0 Å². The molecule has 6 nitrogen and oxygen atoms in total. The van der Waals surface area contributed by atoms with Gasteiger partial charge in [0.15, 0.2) is 0 Å². The molecule has 1 fully saturated rings. The number of amides is 3. The van der Waals surface area contributed by atoms with E-state index in [0.717, 1.165) is 16.8 Å². The van der Waals surface area contributed by atoms with Gasteiger partial charge >= 0.3 is 0 Å². The van der Waals surface area contributed by atoms with Gasteiger partial charge < -0.3 is 14.7 Å². The molecular formula is C19H27N3O3. The fourth-order valence-corrected chi connectivity index (χ4v) is 3.11. The third kappa shape index (κ3) is 4.59. The second kappa shape index (κ2) is 8.14. The molecule has 1 aliphatic heterocycles. The summed E-state index contributed by atoms with van der Waals surface area (Å²) in [4.78, 5) is 41.1. The van der Waals surface area contributed by atoms with Crippen molar-refractivity contribution >= 4 is 23.4 Å². The van der Waals surface area contributed by atoms with Crippen LogP contribution in [-0.4, -0.2) is 60.2 Å². The summed E-state index contributed by atoms with van der Waals surface area (Å²) in [6.45, 7) is 9.71. The Morgan fingerprint density at radius 3 is 2.16 bits per heavy atom. The molecule has 0 bridgehead atoms. The Bertz CT molecular complexity index is 664. The van der Waals surface area contributed by atoms with E-state index in [2.05, 4.69) is 0 Å². The highest BCUT2D eigenvalue weighted by Gasteiger charge is 2.23. The molecule has 0 aliphatic carbocycles. The molecule has 1 aromatic rings. The summed E-state index contributed by atoms with van der Waals surface area (Å²) in [7, 11) is 0. The third-order valence-corrected chi connectivity index (χ3v) is 4.87. The summed E-state index contributed by atoms with van der Waals surface area (Å²) < 4.78 is 0. The number of hydrogen-bond acceptors (Lipinski definition) is 3. The molecule has 1 heterocycles.